The summed E-state index contributed by atoms with van der Waals surface area (Å²) in [5.41, 5.74) is -0.748. The van der Waals surface area contributed by atoms with Gasteiger partial charge < -0.3 is 19.3 Å². The standard InChI is InChI=1S/C14H24O4/c1-13(15,12-2-5-16-9-12)11-3-6-18-14(8-11)4-7-17-10-14/h11-12,15H,2-10H2,1H3. The van der Waals surface area contributed by atoms with Gasteiger partial charge in [0.15, 0.2) is 0 Å². The molecule has 0 radical (unpaired) electrons. The minimum Gasteiger partial charge on any atom is -0.390 e. The molecule has 3 fully saturated rings. The van der Waals surface area contributed by atoms with Crippen LogP contribution >= 0.6 is 0 Å². The smallest absolute Gasteiger partial charge is 0.0940 e. The van der Waals surface area contributed by atoms with Crippen LogP contribution in [0, 0.1) is 11.8 Å². The number of rotatable bonds is 2. The zero-order valence-electron chi connectivity index (χ0n) is 11.2. The molecule has 0 aliphatic carbocycles. The molecule has 0 aromatic rings. The molecule has 3 heterocycles. The largest absolute Gasteiger partial charge is 0.390 e. The van der Waals surface area contributed by atoms with Gasteiger partial charge in [-0.15, -0.1) is 0 Å². The summed E-state index contributed by atoms with van der Waals surface area (Å²) in [6.07, 6.45) is 3.83. The third-order valence-corrected chi connectivity index (χ3v) is 5.14. The molecule has 3 rings (SSSR count). The molecule has 0 saturated carbocycles. The van der Waals surface area contributed by atoms with E-state index in [2.05, 4.69) is 0 Å². The number of hydrogen-bond acceptors (Lipinski definition) is 4. The summed E-state index contributed by atoms with van der Waals surface area (Å²) in [6.45, 7) is 5.72. The number of hydrogen-bond donors (Lipinski definition) is 1. The average molecular weight is 256 g/mol. The van der Waals surface area contributed by atoms with Crippen LogP contribution in [0.2, 0.25) is 0 Å². The summed E-state index contributed by atoms with van der Waals surface area (Å²) >= 11 is 0. The maximum Gasteiger partial charge on any atom is 0.0940 e. The van der Waals surface area contributed by atoms with E-state index >= 15 is 0 Å². The maximum absolute atomic E-state index is 10.9. The van der Waals surface area contributed by atoms with Crippen molar-refractivity contribution in [1.82, 2.24) is 0 Å². The van der Waals surface area contributed by atoms with Crippen molar-refractivity contribution in [2.24, 2.45) is 11.8 Å². The summed E-state index contributed by atoms with van der Waals surface area (Å²) in [4.78, 5) is 0. The highest BCUT2D eigenvalue weighted by atomic mass is 16.6. The Morgan fingerprint density at radius 2 is 1.94 bits per heavy atom. The highest BCUT2D eigenvalue weighted by Crippen LogP contribution is 2.43. The lowest BCUT2D eigenvalue weighted by molar-refractivity contribution is -0.152. The first kappa shape index (κ1) is 12.9. The van der Waals surface area contributed by atoms with Gasteiger partial charge in [0.2, 0.25) is 0 Å². The molecular formula is C14H24O4. The van der Waals surface area contributed by atoms with Crippen LogP contribution in [0.25, 0.3) is 0 Å². The van der Waals surface area contributed by atoms with E-state index in [0.29, 0.717) is 19.1 Å². The van der Waals surface area contributed by atoms with Crippen molar-refractivity contribution in [3.63, 3.8) is 0 Å². The van der Waals surface area contributed by atoms with Gasteiger partial charge in [-0.2, -0.15) is 0 Å². The summed E-state index contributed by atoms with van der Waals surface area (Å²) in [6, 6.07) is 0. The van der Waals surface area contributed by atoms with Gasteiger partial charge in [0, 0.05) is 32.2 Å². The molecule has 0 bridgehead atoms. The molecule has 3 saturated heterocycles. The average Bonchev–Trinajstić information content (AvgIpc) is 3.01. The molecule has 0 amide bonds. The molecular weight excluding hydrogens is 232 g/mol. The minimum atomic E-state index is -0.629. The first-order chi connectivity index (χ1) is 8.62. The monoisotopic (exact) mass is 256 g/mol. The van der Waals surface area contributed by atoms with Gasteiger partial charge in [-0.3, -0.25) is 0 Å². The molecule has 4 nitrogen and oxygen atoms in total. The predicted molar refractivity (Wildman–Crippen MR) is 66.4 cm³/mol. The van der Waals surface area contributed by atoms with E-state index in [0.717, 1.165) is 45.5 Å². The molecule has 104 valence electrons. The van der Waals surface area contributed by atoms with E-state index in [4.69, 9.17) is 14.2 Å². The lowest BCUT2D eigenvalue weighted by Gasteiger charge is -2.45. The van der Waals surface area contributed by atoms with Crippen molar-refractivity contribution in [2.45, 2.75) is 43.8 Å². The molecule has 0 aromatic carbocycles. The summed E-state index contributed by atoms with van der Waals surface area (Å²) in [5.74, 6) is 0.583. The Balaban J connectivity index is 1.70. The van der Waals surface area contributed by atoms with Gasteiger partial charge in [0.1, 0.15) is 0 Å². The highest BCUT2D eigenvalue weighted by molar-refractivity contribution is 4.98. The van der Waals surface area contributed by atoms with Crippen molar-refractivity contribution < 1.29 is 19.3 Å². The zero-order valence-corrected chi connectivity index (χ0v) is 11.2. The van der Waals surface area contributed by atoms with Crippen LogP contribution in [-0.4, -0.2) is 49.3 Å². The van der Waals surface area contributed by atoms with Crippen LogP contribution in [0.3, 0.4) is 0 Å². The Hall–Kier alpha value is -0.160. The van der Waals surface area contributed by atoms with E-state index < -0.39 is 5.60 Å². The first-order valence-corrected chi connectivity index (χ1v) is 7.14. The Bertz CT molecular complexity index is 290. The molecule has 4 unspecified atom stereocenters. The van der Waals surface area contributed by atoms with Gasteiger partial charge >= 0.3 is 0 Å². The van der Waals surface area contributed by atoms with Crippen molar-refractivity contribution >= 4 is 0 Å². The van der Waals surface area contributed by atoms with Crippen LogP contribution in [-0.2, 0) is 14.2 Å². The van der Waals surface area contributed by atoms with Crippen LogP contribution in [0.5, 0.6) is 0 Å². The number of ether oxygens (including phenoxy) is 3. The molecule has 4 heteroatoms. The second-order valence-corrected chi connectivity index (χ2v) is 6.31. The van der Waals surface area contributed by atoms with Gasteiger partial charge in [-0.05, 0) is 32.1 Å². The first-order valence-electron chi connectivity index (χ1n) is 7.14. The van der Waals surface area contributed by atoms with Gasteiger partial charge in [-0.25, -0.2) is 0 Å². The predicted octanol–water partition coefficient (Wildman–Crippen LogP) is 1.36. The maximum atomic E-state index is 10.9. The SMILES string of the molecule is CC(O)(C1CCOC1)C1CCOC2(CCOC2)C1. The van der Waals surface area contributed by atoms with Crippen molar-refractivity contribution in [1.29, 1.82) is 0 Å². The van der Waals surface area contributed by atoms with E-state index in [1.807, 2.05) is 6.92 Å². The minimum absolute atomic E-state index is 0.119. The molecule has 4 atom stereocenters. The fourth-order valence-electron chi connectivity index (χ4n) is 3.72. The van der Waals surface area contributed by atoms with Gasteiger partial charge in [-0.1, -0.05) is 0 Å². The molecule has 1 N–H and O–H groups in total. The topological polar surface area (TPSA) is 47.9 Å². The molecule has 3 aliphatic rings. The fraction of sp³-hybridized carbons (Fsp3) is 1.00. The molecule has 1 spiro atoms. The van der Waals surface area contributed by atoms with Crippen LogP contribution < -0.4 is 0 Å². The Morgan fingerprint density at radius 1 is 1.11 bits per heavy atom. The third-order valence-electron chi connectivity index (χ3n) is 5.14. The third kappa shape index (κ3) is 2.20. The van der Waals surface area contributed by atoms with Crippen LogP contribution in [0.15, 0.2) is 0 Å². The lowest BCUT2D eigenvalue weighted by atomic mass is 9.70. The fourth-order valence-corrected chi connectivity index (χ4v) is 3.72. The zero-order chi connectivity index (χ0) is 12.6. The van der Waals surface area contributed by atoms with Gasteiger partial charge in [0.25, 0.3) is 0 Å². The van der Waals surface area contributed by atoms with E-state index in [-0.39, 0.29) is 11.5 Å². The molecule has 3 aliphatic heterocycles. The summed E-state index contributed by atoms with van der Waals surface area (Å²) < 4.78 is 16.9. The quantitative estimate of drug-likeness (QED) is 0.810. The van der Waals surface area contributed by atoms with Crippen molar-refractivity contribution in [3.05, 3.63) is 0 Å². The second-order valence-electron chi connectivity index (χ2n) is 6.31. The van der Waals surface area contributed by atoms with E-state index in [1.54, 1.807) is 0 Å². The molecule has 0 aromatic heterocycles. The van der Waals surface area contributed by atoms with Crippen LogP contribution in [0.4, 0.5) is 0 Å². The summed E-state index contributed by atoms with van der Waals surface area (Å²) in [5, 5.41) is 10.9. The Morgan fingerprint density at radius 3 is 2.61 bits per heavy atom. The van der Waals surface area contributed by atoms with E-state index in [1.165, 1.54) is 0 Å². The van der Waals surface area contributed by atoms with Crippen molar-refractivity contribution in [2.75, 3.05) is 33.0 Å². The lowest BCUT2D eigenvalue weighted by Crippen LogP contribution is -2.51. The second kappa shape index (κ2) is 4.75. The van der Waals surface area contributed by atoms with Crippen molar-refractivity contribution in [3.8, 4) is 0 Å². The number of aliphatic hydroxyl groups is 1. The normalized spacial score (nSPS) is 44.3. The van der Waals surface area contributed by atoms with Gasteiger partial charge in [0.05, 0.1) is 24.4 Å². The molecule has 18 heavy (non-hydrogen) atoms. The Kier molecular flexibility index (Phi) is 3.39. The Labute approximate surface area is 109 Å². The summed E-state index contributed by atoms with van der Waals surface area (Å²) in [7, 11) is 0. The van der Waals surface area contributed by atoms with Crippen LogP contribution in [0.1, 0.15) is 32.6 Å². The highest BCUT2D eigenvalue weighted by Gasteiger charge is 2.49. The van der Waals surface area contributed by atoms with E-state index in [9.17, 15) is 5.11 Å².